The fourth-order valence-electron chi connectivity index (χ4n) is 3.87. The molecule has 0 atom stereocenters. The third kappa shape index (κ3) is 5.42. The van der Waals surface area contributed by atoms with E-state index in [1.165, 1.54) is 27.2 Å². The van der Waals surface area contributed by atoms with E-state index in [1.807, 2.05) is 6.92 Å². The van der Waals surface area contributed by atoms with Crippen molar-refractivity contribution < 1.29 is 31.8 Å². The van der Waals surface area contributed by atoms with Gasteiger partial charge >= 0.3 is 6.18 Å². The van der Waals surface area contributed by atoms with Gasteiger partial charge in [-0.3, -0.25) is 4.79 Å². The first-order chi connectivity index (χ1) is 17.2. The lowest BCUT2D eigenvalue weighted by molar-refractivity contribution is -0.137. The summed E-state index contributed by atoms with van der Waals surface area (Å²) in [5, 5.41) is 2.59. The molecule has 4 rings (SSSR count). The number of amides is 1. The van der Waals surface area contributed by atoms with Crippen LogP contribution in [0.15, 0.2) is 42.6 Å². The Bertz CT molecular complexity index is 1320. The van der Waals surface area contributed by atoms with E-state index in [-0.39, 0.29) is 30.4 Å². The zero-order valence-corrected chi connectivity index (χ0v) is 20.7. The van der Waals surface area contributed by atoms with E-state index in [2.05, 4.69) is 15.3 Å². The summed E-state index contributed by atoms with van der Waals surface area (Å²) >= 11 is 0. The molecule has 2 aromatic heterocycles. The third-order valence-electron chi connectivity index (χ3n) is 6.04. The second-order valence-electron chi connectivity index (χ2n) is 9.57. The van der Waals surface area contributed by atoms with Crippen molar-refractivity contribution >= 4 is 11.6 Å². The molecule has 3 N–H and O–H groups in total. The topological polar surface area (TPSA) is 99.4 Å². The maximum absolute atomic E-state index is 15.2. The molecule has 1 aromatic carbocycles. The van der Waals surface area contributed by atoms with E-state index < -0.39 is 34.5 Å². The van der Waals surface area contributed by atoms with Crippen LogP contribution in [0, 0.1) is 6.92 Å². The minimum atomic E-state index is -4.69. The number of nitrogens with two attached hydrogens (primary N) is 1. The Labute approximate surface area is 211 Å². The van der Waals surface area contributed by atoms with Gasteiger partial charge < -0.3 is 20.5 Å². The maximum Gasteiger partial charge on any atom is 0.416 e. The van der Waals surface area contributed by atoms with Gasteiger partial charge in [0.25, 0.3) is 5.91 Å². The number of aromatic nitrogens is 2. The summed E-state index contributed by atoms with van der Waals surface area (Å²) in [5.74, 6) is -0.694. The average molecular weight is 519 g/mol. The molecule has 0 bridgehead atoms. The number of nitrogens with one attached hydrogen (secondary N) is 1. The monoisotopic (exact) mass is 518 g/mol. The van der Waals surface area contributed by atoms with Crippen LogP contribution in [0.25, 0.3) is 11.1 Å². The molecule has 3 aromatic rings. The summed E-state index contributed by atoms with van der Waals surface area (Å²) in [6, 6.07) is 8.09. The van der Waals surface area contributed by atoms with Gasteiger partial charge in [-0.2, -0.15) is 13.2 Å². The van der Waals surface area contributed by atoms with Crippen molar-refractivity contribution in [3.05, 3.63) is 70.7 Å². The molecule has 0 aliphatic carbocycles. The van der Waals surface area contributed by atoms with Crippen molar-refractivity contribution in [2.24, 2.45) is 5.73 Å². The second-order valence-corrected chi connectivity index (χ2v) is 9.57. The Kier molecular flexibility index (Phi) is 6.72. The van der Waals surface area contributed by atoms with Gasteiger partial charge in [-0.1, -0.05) is 6.07 Å². The Hall–Kier alpha value is -3.57. The van der Waals surface area contributed by atoms with Gasteiger partial charge in [0.05, 0.1) is 42.7 Å². The quantitative estimate of drug-likeness (QED) is 0.440. The Morgan fingerprint density at radius 2 is 1.86 bits per heavy atom. The third-order valence-corrected chi connectivity index (χ3v) is 6.04. The van der Waals surface area contributed by atoms with E-state index in [0.717, 1.165) is 11.6 Å². The SMILES string of the molecule is COc1ncc(-c2cc(NC(=O)c3cc(C(F)(F)F)cc(C(C)(C)N)n3)ccc2C)cc1C1(F)COC1. The molecule has 0 unspecified atom stereocenters. The largest absolute Gasteiger partial charge is 0.481 e. The minimum absolute atomic E-state index is 0.0750. The van der Waals surface area contributed by atoms with Crippen molar-refractivity contribution in [2.45, 2.75) is 38.2 Å². The number of halogens is 4. The van der Waals surface area contributed by atoms with Crippen LogP contribution in [-0.2, 0) is 22.1 Å². The van der Waals surface area contributed by atoms with Crippen LogP contribution >= 0.6 is 0 Å². The number of alkyl halides is 4. The zero-order valence-electron chi connectivity index (χ0n) is 20.7. The number of carbonyl (C=O) groups excluding carboxylic acids is 1. The van der Waals surface area contributed by atoms with Gasteiger partial charge in [-0.05, 0) is 62.2 Å². The first-order valence-corrected chi connectivity index (χ1v) is 11.3. The number of anilines is 1. The smallest absolute Gasteiger partial charge is 0.416 e. The standard InChI is InChI=1S/C26H26F4N4O3/c1-14-5-6-17(10-18(14)15-7-19(23(36-4)32-11-15)25(27)12-37-13-25)33-22(35)20-8-16(26(28,29)30)9-21(34-20)24(2,3)31/h5-11H,12-13,31H2,1-4H3,(H,33,35). The van der Waals surface area contributed by atoms with Crippen molar-refractivity contribution in [2.75, 3.05) is 25.6 Å². The lowest BCUT2D eigenvalue weighted by Gasteiger charge is -2.34. The normalized spacial score (nSPS) is 15.2. The number of pyridine rings is 2. The van der Waals surface area contributed by atoms with Gasteiger partial charge in [0.2, 0.25) is 5.88 Å². The number of ether oxygens (including phenoxy) is 2. The molecule has 1 aliphatic rings. The lowest BCUT2D eigenvalue weighted by Crippen LogP contribution is -2.43. The van der Waals surface area contributed by atoms with Gasteiger partial charge in [-0.25, -0.2) is 14.4 Å². The maximum atomic E-state index is 15.2. The summed E-state index contributed by atoms with van der Waals surface area (Å²) in [5.41, 5.74) is 4.06. The van der Waals surface area contributed by atoms with Crippen LogP contribution in [-0.4, -0.2) is 36.2 Å². The molecule has 1 fully saturated rings. The fraction of sp³-hybridized carbons (Fsp3) is 0.346. The van der Waals surface area contributed by atoms with E-state index in [0.29, 0.717) is 22.9 Å². The summed E-state index contributed by atoms with van der Waals surface area (Å²) in [4.78, 5) is 21.3. The highest BCUT2D eigenvalue weighted by Crippen LogP contribution is 2.40. The number of aryl methyl sites for hydroxylation is 1. The van der Waals surface area contributed by atoms with Crippen molar-refractivity contribution in [1.29, 1.82) is 0 Å². The first-order valence-electron chi connectivity index (χ1n) is 11.3. The zero-order chi connectivity index (χ0) is 27.2. The molecule has 1 saturated heterocycles. The molecule has 37 heavy (non-hydrogen) atoms. The van der Waals surface area contributed by atoms with E-state index in [9.17, 15) is 18.0 Å². The van der Waals surface area contributed by atoms with Crippen LogP contribution in [0.1, 0.15) is 46.7 Å². The molecular weight excluding hydrogens is 492 g/mol. The van der Waals surface area contributed by atoms with Crippen molar-refractivity contribution in [3.63, 3.8) is 0 Å². The lowest BCUT2D eigenvalue weighted by atomic mass is 9.91. The molecule has 0 spiro atoms. The van der Waals surface area contributed by atoms with E-state index >= 15 is 4.39 Å². The first kappa shape index (κ1) is 26.5. The molecule has 0 saturated carbocycles. The molecule has 1 aliphatic heterocycles. The van der Waals surface area contributed by atoms with Crippen LogP contribution in [0.5, 0.6) is 5.88 Å². The van der Waals surface area contributed by atoms with Crippen LogP contribution in [0.4, 0.5) is 23.2 Å². The molecule has 1 amide bonds. The summed E-state index contributed by atoms with van der Waals surface area (Å²) in [7, 11) is 1.40. The predicted octanol–water partition coefficient (Wildman–Crippen LogP) is 5.12. The molecule has 7 nitrogen and oxygen atoms in total. The Morgan fingerprint density at radius 1 is 1.16 bits per heavy atom. The van der Waals surface area contributed by atoms with Gasteiger partial charge in [0.1, 0.15) is 5.69 Å². The Balaban J connectivity index is 1.69. The number of nitrogens with zero attached hydrogens (tertiary/aromatic N) is 2. The summed E-state index contributed by atoms with van der Waals surface area (Å²) in [6.45, 7) is 4.59. The number of hydrogen-bond donors (Lipinski definition) is 2. The highest BCUT2D eigenvalue weighted by atomic mass is 19.4. The second kappa shape index (κ2) is 9.38. The van der Waals surface area contributed by atoms with Crippen LogP contribution in [0.3, 0.4) is 0 Å². The van der Waals surface area contributed by atoms with Crippen LogP contribution in [0.2, 0.25) is 0 Å². The number of rotatable bonds is 6. The molecule has 3 heterocycles. The fourth-order valence-corrected chi connectivity index (χ4v) is 3.87. The van der Waals surface area contributed by atoms with E-state index in [4.69, 9.17) is 15.2 Å². The van der Waals surface area contributed by atoms with Crippen molar-refractivity contribution in [3.8, 4) is 17.0 Å². The number of hydrogen-bond acceptors (Lipinski definition) is 6. The summed E-state index contributed by atoms with van der Waals surface area (Å²) < 4.78 is 65.8. The van der Waals surface area contributed by atoms with Gasteiger partial charge in [0.15, 0.2) is 5.67 Å². The van der Waals surface area contributed by atoms with E-state index in [1.54, 1.807) is 24.3 Å². The molecular formula is C26H26F4N4O3. The van der Waals surface area contributed by atoms with Gasteiger partial charge in [0, 0.05) is 17.4 Å². The highest BCUT2D eigenvalue weighted by Gasteiger charge is 2.43. The molecule has 0 radical (unpaired) electrons. The van der Waals surface area contributed by atoms with Crippen LogP contribution < -0.4 is 15.8 Å². The number of carbonyl (C=O) groups is 1. The Morgan fingerprint density at radius 3 is 2.43 bits per heavy atom. The highest BCUT2D eigenvalue weighted by molar-refractivity contribution is 6.03. The van der Waals surface area contributed by atoms with Gasteiger partial charge in [-0.15, -0.1) is 0 Å². The average Bonchev–Trinajstić information content (AvgIpc) is 2.82. The minimum Gasteiger partial charge on any atom is -0.481 e. The molecule has 196 valence electrons. The molecule has 11 heteroatoms. The number of benzene rings is 1. The predicted molar refractivity (Wildman–Crippen MR) is 129 cm³/mol. The van der Waals surface area contributed by atoms with Crippen molar-refractivity contribution in [1.82, 2.24) is 9.97 Å². The number of methoxy groups -OCH3 is 1. The summed E-state index contributed by atoms with van der Waals surface area (Å²) in [6.07, 6.45) is -3.17.